The molecule has 0 aliphatic heterocycles. The second-order valence-corrected chi connectivity index (χ2v) is 6.38. The van der Waals surface area contributed by atoms with E-state index in [1.807, 2.05) is 13.8 Å². The Morgan fingerprint density at radius 1 is 1.38 bits per heavy atom. The van der Waals surface area contributed by atoms with E-state index in [4.69, 9.17) is 0 Å². The minimum atomic E-state index is -1.17. The van der Waals surface area contributed by atoms with Crippen LogP contribution in [0.2, 0.25) is 0 Å². The zero-order valence-electron chi connectivity index (χ0n) is 13.4. The lowest BCUT2D eigenvalue weighted by atomic mass is 10.0. The summed E-state index contributed by atoms with van der Waals surface area (Å²) in [5, 5.41) is 16.0. The van der Waals surface area contributed by atoms with Gasteiger partial charge in [-0.2, -0.15) is 5.10 Å². The first-order valence-electron chi connectivity index (χ1n) is 7.25. The number of nitrogens with zero attached hydrogens (tertiary/aromatic N) is 3. The molecule has 2 aromatic heterocycles. The van der Waals surface area contributed by atoms with Crippen molar-refractivity contribution in [1.82, 2.24) is 20.1 Å². The lowest BCUT2D eigenvalue weighted by Crippen LogP contribution is -2.35. The van der Waals surface area contributed by atoms with Gasteiger partial charge in [-0.15, -0.1) is 11.3 Å². The summed E-state index contributed by atoms with van der Waals surface area (Å²) in [7, 11) is 1.63. The summed E-state index contributed by atoms with van der Waals surface area (Å²) < 4.78 is 2.19. The number of nitrogens with one attached hydrogen (secondary N) is 1. The zero-order chi connectivity index (χ0) is 17.4. The van der Waals surface area contributed by atoms with Crippen LogP contribution in [0.4, 0.5) is 0 Å². The maximum Gasteiger partial charge on any atom is 0.332 e. The number of fused-ring (bicyclic) bond motifs is 1. The van der Waals surface area contributed by atoms with Gasteiger partial charge in [0.15, 0.2) is 6.04 Å². The standard InChI is InChI=1S/C16H16N4O3S/c1-8-6-10(14-12(9(8)2)17-7-24-14)15(21)19-13(16(22)23)11-4-5-18-20(11)3/h4-7,13H,1-3H3,(H,19,21)(H,22,23). The van der Waals surface area contributed by atoms with Crippen molar-refractivity contribution in [2.45, 2.75) is 19.9 Å². The number of amides is 1. The third-order valence-electron chi connectivity index (χ3n) is 4.04. The van der Waals surface area contributed by atoms with Crippen LogP contribution in [0.15, 0.2) is 23.8 Å². The van der Waals surface area contributed by atoms with Gasteiger partial charge in [-0.25, -0.2) is 9.78 Å². The minimum absolute atomic E-state index is 0.403. The van der Waals surface area contributed by atoms with Crippen LogP contribution in [0.3, 0.4) is 0 Å². The molecule has 7 nitrogen and oxygen atoms in total. The van der Waals surface area contributed by atoms with Gasteiger partial charge in [-0.05, 0) is 37.1 Å². The van der Waals surface area contributed by atoms with E-state index in [9.17, 15) is 14.7 Å². The summed E-state index contributed by atoms with van der Waals surface area (Å²) >= 11 is 1.36. The SMILES string of the molecule is Cc1cc(C(=O)NC(C(=O)O)c2ccnn2C)c2scnc2c1C. The first-order chi connectivity index (χ1) is 11.4. The number of carboxylic acid groups (broad SMARTS) is 1. The number of rotatable bonds is 4. The summed E-state index contributed by atoms with van der Waals surface area (Å²) in [5.41, 5.74) is 5.25. The highest BCUT2D eigenvalue weighted by Gasteiger charge is 2.26. The molecule has 8 heteroatoms. The van der Waals surface area contributed by atoms with E-state index in [0.29, 0.717) is 11.3 Å². The van der Waals surface area contributed by atoms with Crippen molar-refractivity contribution in [2.24, 2.45) is 7.05 Å². The van der Waals surface area contributed by atoms with Crippen LogP contribution >= 0.6 is 11.3 Å². The van der Waals surface area contributed by atoms with Crippen LogP contribution in [-0.2, 0) is 11.8 Å². The van der Waals surface area contributed by atoms with Crippen molar-refractivity contribution in [1.29, 1.82) is 0 Å². The predicted molar refractivity (Wildman–Crippen MR) is 90.1 cm³/mol. The fraction of sp³-hybridized carbons (Fsp3) is 0.250. The van der Waals surface area contributed by atoms with Crippen molar-refractivity contribution < 1.29 is 14.7 Å². The highest BCUT2D eigenvalue weighted by molar-refractivity contribution is 7.17. The molecule has 0 spiro atoms. The third kappa shape index (κ3) is 2.65. The summed E-state index contributed by atoms with van der Waals surface area (Å²) in [6.45, 7) is 3.86. The van der Waals surface area contributed by atoms with Crippen molar-refractivity contribution in [3.05, 3.63) is 46.2 Å². The van der Waals surface area contributed by atoms with Crippen molar-refractivity contribution >= 4 is 33.4 Å². The van der Waals surface area contributed by atoms with E-state index in [1.54, 1.807) is 24.7 Å². The van der Waals surface area contributed by atoms with E-state index < -0.39 is 17.9 Å². The fourth-order valence-corrected chi connectivity index (χ4v) is 3.45. The molecule has 0 saturated carbocycles. The number of aromatic nitrogens is 3. The van der Waals surface area contributed by atoms with E-state index in [1.165, 1.54) is 22.2 Å². The largest absolute Gasteiger partial charge is 0.479 e. The van der Waals surface area contributed by atoms with Gasteiger partial charge in [-0.3, -0.25) is 9.48 Å². The van der Waals surface area contributed by atoms with Gasteiger partial charge in [0.1, 0.15) is 0 Å². The number of hydrogen-bond acceptors (Lipinski definition) is 5. The zero-order valence-corrected chi connectivity index (χ0v) is 14.2. The number of aliphatic carboxylic acids is 1. The van der Waals surface area contributed by atoms with E-state index in [-0.39, 0.29) is 0 Å². The Morgan fingerprint density at radius 2 is 2.12 bits per heavy atom. The maximum absolute atomic E-state index is 12.7. The molecule has 1 atom stereocenters. The normalized spacial score (nSPS) is 12.3. The molecule has 124 valence electrons. The van der Waals surface area contributed by atoms with Gasteiger partial charge in [0.25, 0.3) is 5.91 Å². The van der Waals surface area contributed by atoms with Crippen LogP contribution in [0.25, 0.3) is 10.2 Å². The maximum atomic E-state index is 12.7. The molecule has 1 amide bonds. The molecular weight excluding hydrogens is 328 g/mol. The summed E-state index contributed by atoms with van der Waals surface area (Å²) in [5.74, 6) is -1.59. The molecule has 2 N–H and O–H groups in total. The second kappa shape index (κ2) is 6.04. The van der Waals surface area contributed by atoms with E-state index >= 15 is 0 Å². The van der Waals surface area contributed by atoms with Gasteiger partial charge in [0, 0.05) is 13.2 Å². The van der Waals surface area contributed by atoms with Crippen LogP contribution in [-0.4, -0.2) is 31.7 Å². The molecule has 24 heavy (non-hydrogen) atoms. The van der Waals surface area contributed by atoms with Crippen LogP contribution in [0.5, 0.6) is 0 Å². The van der Waals surface area contributed by atoms with Crippen LogP contribution < -0.4 is 5.32 Å². The molecule has 0 aliphatic carbocycles. The first kappa shape index (κ1) is 16.1. The van der Waals surface area contributed by atoms with Gasteiger partial charge in [0.2, 0.25) is 0 Å². The average molecular weight is 344 g/mol. The predicted octanol–water partition coefficient (Wildman–Crippen LogP) is 2.20. The Labute approximate surface area is 141 Å². The van der Waals surface area contributed by atoms with Crippen molar-refractivity contribution in [3.8, 4) is 0 Å². The third-order valence-corrected chi connectivity index (χ3v) is 4.90. The van der Waals surface area contributed by atoms with Gasteiger partial charge < -0.3 is 10.4 Å². The number of carbonyl (C=O) groups is 2. The molecule has 3 aromatic rings. The number of thiazole rings is 1. The highest BCUT2D eigenvalue weighted by Crippen LogP contribution is 2.28. The molecule has 2 heterocycles. The number of carbonyl (C=O) groups excluding carboxylic acids is 1. The highest BCUT2D eigenvalue weighted by atomic mass is 32.1. The lowest BCUT2D eigenvalue weighted by molar-refractivity contribution is -0.139. The van der Waals surface area contributed by atoms with Crippen LogP contribution in [0.1, 0.15) is 33.2 Å². The Kier molecular flexibility index (Phi) is 4.06. The van der Waals surface area contributed by atoms with Crippen molar-refractivity contribution in [3.63, 3.8) is 0 Å². The summed E-state index contributed by atoms with van der Waals surface area (Å²) in [6, 6.07) is 2.17. The quantitative estimate of drug-likeness (QED) is 0.756. The number of aryl methyl sites for hydroxylation is 3. The summed E-state index contributed by atoms with van der Waals surface area (Å²) in [6.07, 6.45) is 1.49. The molecule has 0 aliphatic rings. The number of benzene rings is 1. The molecule has 0 bridgehead atoms. The first-order valence-corrected chi connectivity index (χ1v) is 8.13. The molecular formula is C16H16N4O3S. The molecule has 1 aromatic carbocycles. The van der Waals surface area contributed by atoms with E-state index in [0.717, 1.165) is 21.3 Å². The van der Waals surface area contributed by atoms with Gasteiger partial charge in [-0.1, -0.05) is 0 Å². The molecule has 3 rings (SSSR count). The Balaban J connectivity index is 2.00. The molecule has 0 fully saturated rings. The number of hydrogen-bond donors (Lipinski definition) is 2. The minimum Gasteiger partial charge on any atom is -0.479 e. The second-order valence-electron chi connectivity index (χ2n) is 5.52. The average Bonchev–Trinajstić information content (AvgIpc) is 3.17. The van der Waals surface area contributed by atoms with Gasteiger partial charge in [0.05, 0.1) is 27.0 Å². The smallest absolute Gasteiger partial charge is 0.332 e. The van der Waals surface area contributed by atoms with Crippen molar-refractivity contribution in [2.75, 3.05) is 0 Å². The Bertz CT molecular complexity index is 944. The van der Waals surface area contributed by atoms with Gasteiger partial charge >= 0.3 is 5.97 Å². The monoisotopic (exact) mass is 344 g/mol. The Morgan fingerprint density at radius 3 is 2.75 bits per heavy atom. The molecule has 0 saturated heterocycles. The molecule has 1 unspecified atom stereocenters. The van der Waals surface area contributed by atoms with E-state index in [2.05, 4.69) is 15.4 Å². The lowest BCUT2D eigenvalue weighted by Gasteiger charge is -2.16. The summed E-state index contributed by atoms with van der Waals surface area (Å²) in [4.78, 5) is 28.6. The fourth-order valence-electron chi connectivity index (χ4n) is 2.59. The number of carboxylic acids is 1. The Hall–Kier alpha value is -2.74. The van der Waals surface area contributed by atoms with Crippen LogP contribution in [0, 0.1) is 13.8 Å². The molecule has 0 radical (unpaired) electrons. The topological polar surface area (TPSA) is 97.1 Å².